The van der Waals surface area contributed by atoms with Crippen molar-refractivity contribution in [1.82, 2.24) is 0 Å². The van der Waals surface area contributed by atoms with Crippen molar-refractivity contribution in [2.24, 2.45) is 0 Å². The Morgan fingerprint density at radius 2 is 1.77 bits per heavy atom. The highest BCUT2D eigenvalue weighted by Crippen LogP contribution is 2.15. The number of phenolic OH excluding ortho intramolecular Hbond substituents is 1. The normalized spacial score (nSPS) is 7.38. The van der Waals surface area contributed by atoms with E-state index >= 15 is 0 Å². The van der Waals surface area contributed by atoms with E-state index in [1.165, 1.54) is 0 Å². The molecular weight excluding hydrogens is 164 g/mol. The van der Waals surface area contributed by atoms with Gasteiger partial charge in [-0.3, -0.25) is 0 Å². The van der Waals surface area contributed by atoms with Gasteiger partial charge in [0.2, 0.25) is 0 Å². The van der Waals surface area contributed by atoms with E-state index in [9.17, 15) is 5.11 Å². The first-order valence-electron chi connectivity index (χ1n) is 3.72. The van der Waals surface area contributed by atoms with Gasteiger partial charge < -0.3 is 10.6 Å². The van der Waals surface area contributed by atoms with Crippen molar-refractivity contribution in [2.75, 3.05) is 0 Å². The zero-order valence-electron chi connectivity index (χ0n) is 7.66. The predicted octanol–water partition coefficient (Wildman–Crippen LogP) is 2.10. The average molecular weight is 180 g/mol. The lowest BCUT2D eigenvalue weighted by Gasteiger charge is -1.97. The third-order valence-electron chi connectivity index (χ3n) is 1.36. The Labute approximate surface area is 79.2 Å². The summed E-state index contributed by atoms with van der Waals surface area (Å²) in [6.45, 7) is 9.59. The van der Waals surface area contributed by atoms with Crippen LogP contribution in [-0.2, 0) is 6.42 Å². The van der Waals surface area contributed by atoms with Gasteiger partial charge in [0, 0.05) is 0 Å². The van der Waals surface area contributed by atoms with E-state index in [1.807, 2.05) is 18.2 Å². The number of rotatable bonds is 2. The maximum absolute atomic E-state index is 9.19. The molecule has 0 heterocycles. The molecule has 0 aliphatic rings. The largest absolute Gasteiger partial charge is 0.508 e. The molecule has 2 heteroatoms. The number of aromatic hydroxyl groups is 1. The zero-order chi connectivity index (χ0) is 9.40. The van der Waals surface area contributed by atoms with Gasteiger partial charge in [0.05, 0.1) is 0 Å². The van der Waals surface area contributed by atoms with Crippen LogP contribution in [0.5, 0.6) is 5.75 Å². The third kappa shape index (κ3) is 4.82. The van der Waals surface area contributed by atoms with Crippen LogP contribution in [0.3, 0.4) is 0 Å². The lowest BCUT2D eigenvalue weighted by Crippen LogP contribution is -1.79. The molecular formula is C11H16O2. The average Bonchev–Trinajstić information content (AvgIpc) is 2.13. The predicted molar refractivity (Wildman–Crippen MR) is 56.9 cm³/mol. The molecule has 0 saturated carbocycles. The molecule has 1 aromatic carbocycles. The minimum absolute atomic E-state index is 0. The van der Waals surface area contributed by atoms with Crippen molar-refractivity contribution in [3.05, 3.63) is 55.6 Å². The Balaban J connectivity index is 0. The number of hydrogen-bond donors (Lipinski definition) is 1. The van der Waals surface area contributed by atoms with E-state index in [0.29, 0.717) is 5.75 Å². The first kappa shape index (κ1) is 14.0. The topological polar surface area (TPSA) is 51.7 Å². The molecule has 1 rings (SSSR count). The van der Waals surface area contributed by atoms with Crippen LogP contribution in [0.15, 0.2) is 50.1 Å². The summed E-state index contributed by atoms with van der Waals surface area (Å²) < 4.78 is 0. The molecule has 0 aliphatic heterocycles. The number of phenols is 1. The summed E-state index contributed by atoms with van der Waals surface area (Å²) in [5, 5.41) is 9.19. The van der Waals surface area contributed by atoms with Crippen LogP contribution in [0.2, 0.25) is 0 Å². The Morgan fingerprint density at radius 3 is 2.23 bits per heavy atom. The Kier molecular flexibility index (Phi) is 9.22. The molecule has 0 aromatic heterocycles. The zero-order valence-corrected chi connectivity index (χ0v) is 7.66. The van der Waals surface area contributed by atoms with Crippen molar-refractivity contribution in [1.29, 1.82) is 0 Å². The van der Waals surface area contributed by atoms with Crippen LogP contribution in [0, 0.1) is 0 Å². The Bertz CT molecular complexity index is 244. The van der Waals surface area contributed by atoms with Gasteiger partial charge in [-0.05, 0) is 18.1 Å². The molecule has 0 atom stereocenters. The summed E-state index contributed by atoms with van der Waals surface area (Å²) in [6, 6.07) is 7.27. The molecule has 0 saturated heterocycles. The molecule has 0 radical (unpaired) electrons. The summed E-state index contributed by atoms with van der Waals surface area (Å²) in [5.41, 5.74) is 0.928. The maximum atomic E-state index is 9.19. The van der Waals surface area contributed by atoms with Gasteiger partial charge >= 0.3 is 0 Å². The summed E-state index contributed by atoms with van der Waals surface area (Å²) >= 11 is 0. The maximum Gasteiger partial charge on any atom is 0.119 e. The number of allylic oxidation sites excluding steroid dienone is 1. The van der Waals surface area contributed by atoms with Gasteiger partial charge in [0.15, 0.2) is 0 Å². The summed E-state index contributed by atoms with van der Waals surface area (Å²) in [6.07, 6.45) is 2.50. The minimum atomic E-state index is 0. The first-order valence-corrected chi connectivity index (χ1v) is 3.72. The molecule has 3 N–H and O–H groups in total. The highest BCUT2D eigenvalue weighted by Gasteiger charge is 1.93. The van der Waals surface area contributed by atoms with E-state index in [4.69, 9.17) is 0 Å². The van der Waals surface area contributed by atoms with Crippen LogP contribution in [0.1, 0.15) is 5.56 Å². The first-order chi connectivity index (χ1) is 5.84. The smallest absolute Gasteiger partial charge is 0.119 e. The van der Waals surface area contributed by atoms with Crippen LogP contribution in [0.4, 0.5) is 0 Å². The second-order valence-electron chi connectivity index (χ2n) is 2.12. The molecule has 0 bridgehead atoms. The van der Waals surface area contributed by atoms with E-state index in [0.717, 1.165) is 12.0 Å². The van der Waals surface area contributed by atoms with Crippen LogP contribution in [0.25, 0.3) is 0 Å². The van der Waals surface area contributed by atoms with Gasteiger partial charge in [-0.1, -0.05) is 24.3 Å². The van der Waals surface area contributed by atoms with E-state index < -0.39 is 0 Å². The standard InChI is InChI=1S/C9H10O.C2H4.H2O/c1-2-5-8-6-3-4-7-9(8)10;1-2;/h2-4,6-7,10H,1,5H2;1-2H2;1H2. The summed E-state index contributed by atoms with van der Waals surface area (Å²) in [5.74, 6) is 0.349. The van der Waals surface area contributed by atoms with Gasteiger partial charge in [-0.15, -0.1) is 19.7 Å². The molecule has 0 unspecified atom stereocenters. The fraction of sp³-hybridized carbons (Fsp3) is 0.0909. The van der Waals surface area contributed by atoms with Gasteiger partial charge in [-0.2, -0.15) is 0 Å². The second-order valence-corrected chi connectivity index (χ2v) is 2.12. The molecule has 1 aromatic rings. The number of benzene rings is 1. The fourth-order valence-corrected chi connectivity index (χ4v) is 0.839. The molecule has 2 nitrogen and oxygen atoms in total. The van der Waals surface area contributed by atoms with E-state index in [2.05, 4.69) is 19.7 Å². The van der Waals surface area contributed by atoms with E-state index in [1.54, 1.807) is 12.1 Å². The Hall–Kier alpha value is -1.54. The number of hydrogen-bond acceptors (Lipinski definition) is 1. The van der Waals surface area contributed by atoms with Gasteiger partial charge in [-0.25, -0.2) is 0 Å². The molecule has 72 valence electrons. The molecule has 13 heavy (non-hydrogen) atoms. The fourth-order valence-electron chi connectivity index (χ4n) is 0.839. The highest BCUT2D eigenvalue weighted by atomic mass is 16.3. The van der Waals surface area contributed by atoms with Crippen molar-refractivity contribution in [2.45, 2.75) is 6.42 Å². The van der Waals surface area contributed by atoms with Crippen molar-refractivity contribution >= 4 is 0 Å². The van der Waals surface area contributed by atoms with Crippen LogP contribution >= 0.6 is 0 Å². The lowest BCUT2D eigenvalue weighted by molar-refractivity contribution is 0.470. The molecule has 0 aliphatic carbocycles. The summed E-state index contributed by atoms with van der Waals surface area (Å²) in [7, 11) is 0. The summed E-state index contributed by atoms with van der Waals surface area (Å²) in [4.78, 5) is 0. The Morgan fingerprint density at radius 1 is 1.23 bits per heavy atom. The van der Waals surface area contributed by atoms with Gasteiger partial charge in [0.1, 0.15) is 5.75 Å². The molecule has 0 amide bonds. The monoisotopic (exact) mass is 180 g/mol. The third-order valence-corrected chi connectivity index (χ3v) is 1.36. The highest BCUT2D eigenvalue weighted by molar-refractivity contribution is 5.32. The SMILES string of the molecule is C=C.C=CCc1ccccc1O.O. The number of para-hydroxylation sites is 1. The van der Waals surface area contributed by atoms with E-state index in [-0.39, 0.29) is 5.48 Å². The molecule has 0 spiro atoms. The van der Waals surface area contributed by atoms with Crippen molar-refractivity contribution < 1.29 is 10.6 Å². The van der Waals surface area contributed by atoms with Crippen molar-refractivity contribution in [3.63, 3.8) is 0 Å². The van der Waals surface area contributed by atoms with Gasteiger partial charge in [0.25, 0.3) is 0 Å². The second kappa shape index (κ2) is 8.56. The van der Waals surface area contributed by atoms with Crippen molar-refractivity contribution in [3.8, 4) is 5.75 Å². The van der Waals surface area contributed by atoms with Crippen LogP contribution < -0.4 is 0 Å². The lowest BCUT2D eigenvalue weighted by atomic mass is 10.1. The van der Waals surface area contributed by atoms with Crippen LogP contribution in [-0.4, -0.2) is 10.6 Å². The quantitative estimate of drug-likeness (QED) is 0.696. The molecule has 0 fully saturated rings. The minimum Gasteiger partial charge on any atom is -0.508 e.